The van der Waals surface area contributed by atoms with Crippen molar-refractivity contribution in [2.45, 2.75) is 64.8 Å². The van der Waals surface area contributed by atoms with E-state index in [9.17, 15) is 14.4 Å². The van der Waals surface area contributed by atoms with E-state index in [2.05, 4.69) is 15.4 Å². The zero-order chi connectivity index (χ0) is 27.5. The minimum atomic E-state index is -0.694. The first-order chi connectivity index (χ1) is 18.4. The van der Waals surface area contributed by atoms with Crippen molar-refractivity contribution in [2.24, 2.45) is 22.7 Å². The van der Waals surface area contributed by atoms with Gasteiger partial charge in [-0.2, -0.15) is 5.11 Å². The molecule has 3 rings (SSSR count). The van der Waals surface area contributed by atoms with E-state index < -0.39 is 17.9 Å². The number of nitrogens with two attached hydrogens (primary N) is 1. The summed E-state index contributed by atoms with van der Waals surface area (Å²) in [4.78, 5) is 42.9. The van der Waals surface area contributed by atoms with E-state index in [0.29, 0.717) is 37.1 Å². The number of hydrogen-bond acceptors (Lipinski definition) is 6. The fraction of sp³-hybridized carbons (Fsp3) is 0.433. The van der Waals surface area contributed by atoms with Crippen molar-refractivity contribution in [3.63, 3.8) is 0 Å². The van der Waals surface area contributed by atoms with Gasteiger partial charge in [0.2, 0.25) is 5.91 Å². The molecule has 1 heterocycles. The van der Waals surface area contributed by atoms with Gasteiger partial charge in [0, 0.05) is 47.3 Å². The Morgan fingerprint density at radius 1 is 1.05 bits per heavy atom. The summed E-state index contributed by atoms with van der Waals surface area (Å²) < 4.78 is 0. The van der Waals surface area contributed by atoms with Crippen molar-refractivity contribution in [1.82, 2.24) is 10.3 Å². The molecule has 0 aliphatic carbocycles. The minimum absolute atomic E-state index is 0.0877. The van der Waals surface area contributed by atoms with Crippen molar-refractivity contribution in [3.05, 3.63) is 65.9 Å². The van der Waals surface area contributed by atoms with Gasteiger partial charge in [0.25, 0.3) is 0 Å². The highest BCUT2D eigenvalue weighted by Gasteiger charge is 2.31. The van der Waals surface area contributed by atoms with Crippen LogP contribution in [-0.2, 0) is 16.0 Å². The van der Waals surface area contributed by atoms with Gasteiger partial charge >= 0.3 is 0 Å². The van der Waals surface area contributed by atoms with Crippen LogP contribution in [0.4, 0.5) is 5.69 Å². The molecule has 0 radical (unpaired) electrons. The average Bonchev–Trinajstić information content (AvgIpc) is 3.35. The van der Waals surface area contributed by atoms with Gasteiger partial charge in [0.15, 0.2) is 11.6 Å². The third kappa shape index (κ3) is 7.44. The predicted octanol–water partition coefficient (Wildman–Crippen LogP) is 5.88. The number of Topliss-reactive ketones (excluding diaryl/α,β-unsaturated/α-hetero) is 2. The molecule has 5 N–H and O–H groups in total. The minimum Gasteiger partial charge on any atom is -0.361 e. The van der Waals surface area contributed by atoms with Crippen LogP contribution in [0.15, 0.2) is 59.8 Å². The standard InChI is InChI=1S/C30H39N5O3/c1-3-28(36)34-27(18-22-19-33-25-14-8-6-12-23(22)25)29(37)20(2)17-21(11-5-4-10-16-31)30(38)24-13-7-9-15-26(24)35-32/h6-9,12-15,19-21,27,32-33H,3-5,10-11,16-18,31H2,1-2H3,(H,34,36). The van der Waals surface area contributed by atoms with Crippen LogP contribution in [0.1, 0.15) is 68.3 Å². The summed E-state index contributed by atoms with van der Waals surface area (Å²) in [5.41, 5.74) is 15.8. The maximum atomic E-state index is 13.7. The fourth-order valence-electron chi connectivity index (χ4n) is 4.99. The number of aromatic nitrogens is 1. The molecule has 1 amide bonds. The Kier molecular flexibility index (Phi) is 10.9. The summed E-state index contributed by atoms with van der Waals surface area (Å²) >= 11 is 0. The molecule has 202 valence electrons. The van der Waals surface area contributed by atoms with Crippen molar-refractivity contribution in [3.8, 4) is 0 Å². The summed E-state index contributed by atoms with van der Waals surface area (Å²) in [7, 11) is 0. The fourth-order valence-corrected chi connectivity index (χ4v) is 4.99. The normalized spacial score (nSPS) is 13.6. The van der Waals surface area contributed by atoms with Crippen LogP contribution >= 0.6 is 0 Å². The molecule has 8 heteroatoms. The molecule has 3 atom stereocenters. The molecule has 0 bridgehead atoms. The number of H-pyrrole nitrogens is 1. The van der Waals surface area contributed by atoms with Crippen molar-refractivity contribution >= 4 is 34.1 Å². The Labute approximate surface area is 224 Å². The number of unbranched alkanes of at least 4 members (excludes halogenated alkanes) is 2. The average molecular weight is 518 g/mol. The van der Waals surface area contributed by atoms with Crippen LogP contribution in [-0.4, -0.2) is 35.0 Å². The lowest BCUT2D eigenvalue weighted by Gasteiger charge is -2.24. The van der Waals surface area contributed by atoms with Crippen LogP contribution in [0.3, 0.4) is 0 Å². The summed E-state index contributed by atoms with van der Waals surface area (Å²) in [5.74, 6) is -1.22. The Bertz CT molecular complexity index is 1250. The Morgan fingerprint density at radius 3 is 2.53 bits per heavy atom. The Balaban J connectivity index is 1.82. The van der Waals surface area contributed by atoms with Gasteiger partial charge in [-0.05, 0) is 49.6 Å². The molecule has 0 fully saturated rings. The van der Waals surface area contributed by atoms with Gasteiger partial charge in [0.05, 0.1) is 11.7 Å². The van der Waals surface area contributed by atoms with Gasteiger partial charge in [0.1, 0.15) is 0 Å². The number of carbonyl (C=O) groups excluding carboxylic acids is 3. The van der Waals surface area contributed by atoms with Gasteiger partial charge in [-0.25, -0.2) is 5.53 Å². The SMILES string of the molecule is CCC(=O)NC(Cc1c[nH]c2ccccc12)C(=O)C(C)CC(CCCCCN)C(=O)c1ccccc1N=N. The molecule has 1 aromatic heterocycles. The zero-order valence-corrected chi connectivity index (χ0v) is 22.3. The van der Waals surface area contributed by atoms with E-state index in [1.807, 2.05) is 37.4 Å². The largest absolute Gasteiger partial charge is 0.361 e. The van der Waals surface area contributed by atoms with Crippen molar-refractivity contribution in [1.29, 1.82) is 5.53 Å². The topological polar surface area (TPSA) is 141 Å². The molecule has 0 saturated heterocycles. The molecule has 0 aliphatic heterocycles. The van der Waals surface area contributed by atoms with Crippen molar-refractivity contribution < 1.29 is 14.4 Å². The number of hydrogen-bond donors (Lipinski definition) is 4. The third-order valence-electron chi connectivity index (χ3n) is 7.14. The second-order valence-corrected chi connectivity index (χ2v) is 9.90. The monoisotopic (exact) mass is 517 g/mol. The smallest absolute Gasteiger partial charge is 0.220 e. The highest BCUT2D eigenvalue weighted by Crippen LogP contribution is 2.29. The van der Waals surface area contributed by atoms with Crippen LogP contribution in [0.2, 0.25) is 0 Å². The van der Waals surface area contributed by atoms with Gasteiger partial charge in [-0.1, -0.05) is 57.0 Å². The van der Waals surface area contributed by atoms with E-state index in [-0.39, 0.29) is 23.9 Å². The number of aromatic amines is 1. The zero-order valence-electron chi connectivity index (χ0n) is 22.3. The van der Waals surface area contributed by atoms with Gasteiger partial charge in [-0.3, -0.25) is 14.4 Å². The Morgan fingerprint density at radius 2 is 1.79 bits per heavy atom. The number of ketones is 2. The molecule has 38 heavy (non-hydrogen) atoms. The molecular formula is C30H39N5O3. The van der Waals surface area contributed by atoms with Crippen LogP contribution in [0, 0.1) is 17.4 Å². The molecule has 0 aliphatic rings. The highest BCUT2D eigenvalue weighted by molar-refractivity contribution is 6.02. The van der Waals surface area contributed by atoms with Gasteiger partial charge in [-0.15, -0.1) is 0 Å². The van der Waals surface area contributed by atoms with Crippen LogP contribution < -0.4 is 11.1 Å². The van der Waals surface area contributed by atoms with Crippen molar-refractivity contribution in [2.75, 3.05) is 6.54 Å². The molecule has 8 nitrogen and oxygen atoms in total. The summed E-state index contributed by atoms with van der Waals surface area (Å²) in [6.45, 7) is 4.20. The first-order valence-corrected chi connectivity index (χ1v) is 13.5. The Hall–Kier alpha value is -3.65. The molecular weight excluding hydrogens is 478 g/mol. The summed E-state index contributed by atoms with van der Waals surface area (Å²) in [6.07, 6.45) is 6.12. The number of carbonyl (C=O) groups is 3. The van der Waals surface area contributed by atoms with Crippen LogP contribution in [0.5, 0.6) is 0 Å². The molecule has 0 saturated carbocycles. The quantitative estimate of drug-likeness (QED) is 0.107. The van der Waals surface area contributed by atoms with E-state index in [1.54, 1.807) is 31.2 Å². The number of para-hydroxylation sites is 2. The molecule has 2 aromatic carbocycles. The maximum Gasteiger partial charge on any atom is 0.220 e. The first-order valence-electron chi connectivity index (χ1n) is 13.5. The van der Waals surface area contributed by atoms with E-state index in [0.717, 1.165) is 35.7 Å². The second kappa shape index (κ2) is 14.3. The third-order valence-corrected chi connectivity index (χ3v) is 7.14. The van der Waals surface area contributed by atoms with E-state index >= 15 is 0 Å². The molecule has 3 aromatic rings. The lowest BCUT2D eigenvalue weighted by molar-refractivity contribution is -0.129. The number of nitrogens with one attached hydrogen (secondary N) is 3. The first kappa shape index (κ1) is 28.9. The second-order valence-electron chi connectivity index (χ2n) is 9.90. The predicted molar refractivity (Wildman–Crippen MR) is 150 cm³/mol. The van der Waals surface area contributed by atoms with Gasteiger partial charge < -0.3 is 16.0 Å². The van der Waals surface area contributed by atoms with E-state index in [1.165, 1.54) is 0 Å². The summed E-state index contributed by atoms with van der Waals surface area (Å²) in [6, 6.07) is 14.0. The lowest BCUT2D eigenvalue weighted by Crippen LogP contribution is -2.44. The number of nitrogens with zero attached hydrogens (tertiary/aromatic N) is 1. The molecule has 3 unspecified atom stereocenters. The summed E-state index contributed by atoms with van der Waals surface area (Å²) in [5, 5.41) is 7.47. The number of rotatable bonds is 16. The maximum absolute atomic E-state index is 13.7. The number of benzene rings is 2. The number of amides is 1. The highest BCUT2D eigenvalue weighted by atomic mass is 16.2. The van der Waals surface area contributed by atoms with E-state index in [4.69, 9.17) is 11.3 Å². The number of fused-ring (bicyclic) bond motifs is 1. The lowest BCUT2D eigenvalue weighted by atomic mass is 9.81. The van der Waals surface area contributed by atoms with Crippen LogP contribution in [0.25, 0.3) is 10.9 Å². The molecule has 0 spiro atoms.